The maximum absolute atomic E-state index is 13.6. The predicted octanol–water partition coefficient (Wildman–Crippen LogP) is 3.66. The van der Waals surface area contributed by atoms with Gasteiger partial charge in [-0.25, -0.2) is 8.78 Å². The second-order valence-corrected chi connectivity index (χ2v) is 5.12. The van der Waals surface area contributed by atoms with Gasteiger partial charge in [-0.15, -0.1) is 0 Å². The predicted molar refractivity (Wildman–Crippen MR) is 79.4 cm³/mol. The summed E-state index contributed by atoms with van der Waals surface area (Å²) in [5, 5.41) is 0. The van der Waals surface area contributed by atoms with E-state index in [4.69, 9.17) is 10.5 Å². The van der Waals surface area contributed by atoms with E-state index < -0.39 is 11.6 Å². The maximum Gasteiger partial charge on any atom is 0.130 e. The van der Waals surface area contributed by atoms with Gasteiger partial charge in [0.1, 0.15) is 24.0 Å². The SMILES string of the molecule is Cc1cc(CCN)cc(C)c1OCc1cc(F)ccc1F. The molecule has 2 nitrogen and oxygen atoms in total. The molecule has 0 radical (unpaired) electrons. The molecule has 0 fully saturated rings. The van der Waals surface area contributed by atoms with Gasteiger partial charge in [0, 0.05) is 5.56 Å². The molecule has 0 unspecified atom stereocenters. The molecule has 2 aromatic rings. The van der Waals surface area contributed by atoms with E-state index in [1.807, 2.05) is 26.0 Å². The van der Waals surface area contributed by atoms with E-state index in [1.54, 1.807) is 0 Å². The molecule has 21 heavy (non-hydrogen) atoms. The summed E-state index contributed by atoms with van der Waals surface area (Å²) in [6, 6.07) is 7.38. The fourth-order valence-electron chi connectivity index (χ4n) is 2.38. The Morgan fingerprint density at radius 1 is 1.05 bits per heavy atom. The minimum Gasteiger partial charge on any atom is -0.488 e. The van der Waals surface area contributed by atoms with Crippen molar-refractivity contribution in [2.45, 2.75) is 26.9 Å². The lowest BCUT2D eigenvalue weighted by atomic mass is 10.0. The van der Waals surface area contributed by atoms with Gasteiger partial charge in [0.2, 0.25) is 0 Å². The second-order valence-electron chi connectivity index (χ2n) is 5.12. The van der Waals surface area contributed by atoms with E-state index in [9.17, 15) is 8.78 Å². The Morgan fingerprint density at radius 2 is 1.71 bits per heavy atom. The van der Waals surface area contributed by atoms with Crippen LogP contribution >= 0.6 is 0 Å². The number of nitrogens with two attached hydrogens (primary N) is 1. The van der Waals surface area contributed by atoms with Crippen molar-refractivity contribution in [2.24, 2.45) is 5.73 Å². The second kappa shape index (κ2) is 6.68. The van der Waals surface area contributed by atoms with E-state index in [2.05, 4.69) is 0 Å². The van der Waals surface area contributed by atoms with E-state index in [1.165, 1.54) is 0 Å². The van der Waals surface area contributed by atoms with Crippen molar-refractivity contribution >= 4 is 0 Å². The zero-order chi connectivity index (χ0) is 15.4. The first-order chi connectivity index (χ1) is 10.0. The Balaban J connectivity index is 2.18. The number of ether oxygens (including phenoxy) is 1. The fraction of sp³-hybridized carbons (Fsp3) is 0.294. The molecule has 0 bridgehead atoms. The van der Waals surface area contributed by atoms with E-state index in [0.29, 0.717) is 12.3 Å². The van der Waals surface area contributed by atoms with Gasteiger partial charge in [-0.05, 0) is 61.7 Å². The van der Waals surface area contributed by atoms with Crippen LogP contribution < -0.4 is 10.5 Å². The molecule has 0 atom stereocenters. The summed E-state index contributed by atoms with van der Waals surface area (Å²) in [5.74, 6) is -0.229. The van der Waals surface area contributed by atoms with Crippen molar-refractivity contribution in [3.8, 4) is 5.75 Å². The van der Waals surface area contributed by atoms with E-state index >= 15 is 0 Å². The first-order valence-electron chi connectivity index (χ1n) is 6.88. The number of rotatable bonds is 5. The van der Waals surface area contributed by atoms with Crippen LogP contribution in [0.4, 0.5) is 8.78 Å². The lowest BCUT2D eigenvalue weighted by Gasteiger charge is -2.14. The highest BCUT2D eigenvalue weighted by molar-refractivity contribution is 5.43. The van der Waals surface area contributed by atoms with Gasteiger partial charge in [-0.3, -0.25) is 0 Å². The van der Waals surface area contributed by atoms with Gasteiger partial charge >= 0.3 is 0 Å². The van der Waals surface area contributed by atoms with Gasteiger partial charge < -0.3 is 10.5 Å². The summed E-state index contributed by atoms with van der Waals surface area (Å²) >= 11 is 0. The lowest BCUT2D eigenvalue weighted by molar-refractivity contribution is 0.295. The molecule has 112 valence electrons. The Morgan fingerprint density at radius 3 is 2.33 bits per heavy atom. The van der Waals surface area contributed by atoms with Crippen LogP contribution in [0, 0.1) is 25.5 Å². The fourth-order valence-corrected chi connectivity index (χ4v) is 2.38. The highest BCUT2D eigenvalue weighted by Gasteiger charge is 2.09. The molecular formula is C17H19F2NO. The molecule has 0 aliphatic carbocycles. The summed E-state index contributed by atoms with van der Waals surface area (Å²) in [7, 11) is 0. The first kappa shape index (κ1) is 15.4. The number of aryl methyl sites for hydroxylation is 2. The molecular weight excluding hydrogens is 272 g/mol. The van der Waals surface area contributed by atoms with Crippen molar-refractivity contribution in [3.05, 3.63) is 64.2 Å². The Hall–Kier alpha value is -1.94. The van der Waals surface area contributed by atoms with Crippen LogP contribution in [0.1, 0.15) is 22.3 Å². The normalized spacial score (nSPS) is 10.7. The van der Waals surface area contributed by atoms with Crippen LogP contribution in [-0.2, 0) is 13.0 Å². The Bertz CT molecular complexity index is 618. The van der Waals surface area contributed by atoms with Gasteiger partial charge in [-0.1, -0.05) is 12.1 Å². The smallest absolute Gasteiger partial charge is 0.130 e. The molecule has 0 aliphatic rings. The average Bonchev–Trinajstić information content (AvgIpc) is 2.42. The minimum atomic E-state index is -0.471. The van der Waals surface area contributed by atoms with E-state index in [-0.39, 0.29) is 12.2 Å². The third-order valence-corrected chi connectivity index (χ3v) is 3.33. The Kier molecular flexibility index (Phi) is 4.91. The van der Waals surface area contributed by atoms with Crippen LogP contribution in [0.25, 0.3) is 0 Å². The number of halogens is 2. The molecule has 0 aromatic heterocycles. The summed E-state index contributed by atoms with van der Waals surface area (Å²) < 4.78 is 32.4. The molecule has 2 rings (SSSR count). The quantitative estimate of drug-likeness (QED) is 0.912. The lowest BCUT2D eigenvalue weighted by Crippen LogP contribution is -2.05. The van der Waals surface area contributed by atoms with Crippen LogP contribution in [0.2, 0.25) is 0 Å². The zero-order valence-corrected chi connectivity index (χ0v) is 12.2. The summed E-state index contributed by atoms with van der Waals surface area (Å²) in [6.07, 6.45) is 0.806. The molecule has 0 spiro atoms. The van der Waals surface area contributed by atoms with Crippen LogP contribution in [-0.4, -0.2) is 6.54 Å². The maximum atomic E-state index is 13.6. The molecule has 2 aromatic carbocycles. The van der Waals surface area contributed by atoms with Crippen molar-refractivity contribution in [1.29, 1.82) is 0 Å². The monoisotopic (exact) mass is 291 g/mol. The van der Waals surface area contributed by atoms with Crippen molar-refractivity contribution < 1.29 is 13.5 Å². The zero-order valence-electron chi connectivity index (χ0n) is 12.2. The molecule has 0 saturated carbocycles. The van der Waals surface area contributed by atoms with Crippen molar-refractivity contribution in [3.63, 3.8) is 0 Å². The van der Waals surface area contributed by atoms with Gasteiger partial charge in [-0.2, -0.15) is 0 Å². The van der Waals surface area contributed by atoms with Crippen molar-refractivity contribution in [1.82, 2.24) is 0 Å². The highest BCUT2D eigenvalue weighted by Crippen LogP contribution is 2.26. The standard InChI is InChI=1S/C17H19F2NO/c1-11-7-13(5-6-20)8-12(2)17(11)21-10-14-9-15(18)3-4-16(14)19/h3-4,7-9H,5-6,10,20H2,1-2H3. The van der Waals surface area contributed by atoms with Gasteiger partial charge in [0.05, 0.1) is 0 Å². The molecule has 0 saturated heterocycles. The average molecular weight is 291 g/mol. The van der Waals surface area contributed by atoms with Gasteiger partial charge in [0.15, 0.2) is 0 Å². The number of hydrogen-bond donors (Lipinski definition) is 1. The third kappa shape index (κ3) is 3.79. The highest BCUT2D eigenvalue weighted by atomic mass is 19.1. The number of hydrogen-bond acceptors (Lipinski definition) is 2. The summed E-state index contributed by atoms with van der Waals surface area (Å²) in [5.41, 5.74) is 8.85. The van der Waals surface area contributed by atoms with Crippen LogP contribution in [0.5, 0.6) is 5.75 Å². The first-order valence-corrected chi connectivity index (χ1v) is 6.88. The minimum absolute atomic E-state index is 0.00150. The topological polar surface area (TPSA) is 35.2 Å². The summed E-state index contributed by atoms with van der Waals surface area (Å²) in [4.78, 5) is 0. The number of benzene rings is 2. The van der Waals surface area contributed by atoms with Crippen LogP contribution in [0.3, 0.4) is 0 Å². The molecule has 0 aliphatic heterocycles. The summed E-state index contributed by atoms with van der Waals surface area (Å²) in [6.45, 7) is 4.46. The van der Waals surface area contributed by atoms with Crippen molar-refractivity contribution in [2.75, 3.05) is 6.54 Å². The third-order valence-electron chi connectivity index (χ3n) is 3.33. The van der Waals surface area contributed by atoms with Crippen LogP contribution in [0.15, 0.2) is 30.3 Å². The largest absolute Gasteiger partial charge is 0.488 e. The molecule has 4 heteroatoms. The Labute approximate surface area is 123 Å². The molecule has 2 N–H and O–H groups in total. The van der Waals surface area contributed by atoms with E-state index in [0.717, 1.165) is 41.3 Å². The van der Waals surface area contributed by atoms with Gasteiger partial charge in [0.25, 0.3) is 0 Å². The molecule has 0 amide bonds. The molecule has 0 heterocycles.